The molecule has 5 heteroatoms. The monoisotopic (exact) mass is 302 g/mol. The highest BCUT2D eigenvalue weighted by atomic mass is 16.4. The highest BCUT2D eigenvalue weighted by Gasteiger charge is 2.20. The zero-order valence-corrected chi connectivity index (χ0v) is 12.0. The van der Waals surface area contributed by atoms with Crippen molar-refractivity contribution in [1.29, 1.82) is 0 Å². The van der Waals surface area contributed by atoms with Crippen LogP contribution in [0.3, 0.4) is 0 Å². The molecule has 0 aliphatic rings. The van der Waals surface area contributed by atoms with Gasteiger partial charge in [-0.2, -0.15) is 0 Å². The molecule has 0 spiro atoms. The van der Waals surface area contributed by atoms with Gasteiger partial charge in [-0.15, -0.1) is 0 Å². The van der Waals surface area contributed by atoms with Crippen LogP contribution in [0.4, 0.5) is 0 Å². The maximum Gasteiger partial charge on any atom is 0.489 e. The molecule has 0 saturated heterocycles. The number of hydrogen-bond acceptors (Lipinski definition) is 4. The molecule has 0 atom stereocenters. The second-order valence-corrected chi connectivity index (χ2v) is 5.64. The van der Waals surface area contributed by atoms with E-state index < -0.39 is 7.12 Å². The van der Waals surface area contributed by atoms with E-state index in [1.165, 1.54) is 0 Å². The summed E-state index contributed by atoms with van der Waals surface area (Å²) in [6, 6.07) is 17.0. The van der Waals surface area contributed by atoms with Gasteiger partial charge in [-0.1, -0.05) is 30.3 Å². The van der Waals surface area contributed by atoms with Crippen LogP contribution < -0.4 is 5.46 Å². The largest absolute Gasteiger partial charge is 0.489 e. The van der Waals surface area contributed by atoms with Crippen molar-refractivity contribution >= 4 is 56.5 Å². The van der Waals surface area contributed by atoms with Gasteiger partial charge in [-0.05, 0) is 23.7 Å². The Bertz CT molecular complexity index is 1200. The van der Waals surface area contributed by atoms with E-state index in [4.69, 9.17) is 8.83 Å². The van der Waals surface area contributed by atoms with Crippen molar-refractivity contribution < 1.29 is 18.9 Å². The minimum atomic E-state index is -1.55. The van der Waals surface area contributed by atoms with Gasteiger partial charge < -0.3 is 18.9 Å². The Morgan fingerprint density at radius 3 is 2.26 bits per heavy atom. The quantitative estimate of drug-likeness (QED) is 0.467. The van der Waals surface area contributed by atoms with Gasteiger partial charge in [0.05, 0.1) is 0 Å². The molecular weight excluding hydrogens is 291 g/mol. The van der Waals surface area contributed by atoms with Crippen molar-refractivity contribution in [1.82, 2.24) is 0 Å². The molecule has 5 rings (SSSR count). The molecule has 23 heavy (non-hydrogen) atoms. The Hall–Kier alpha value is -2.76. The highest BCUT2D eigenvalue weighted by molar-refractivity contribution is 6.62. The van der Waals surface area contributed by atoms with Gasteiger partial charge in [-0.3, -0.25) is 0 Å². The summed E-state index contributed by atoms with van der Waals surface area (Å²) in [6.45, 7) is 0. The number of rotatable bonds is 1. The summed E-state index contributed by atoms with van der Waals surface area (Å²) in [6.07, 6.45) is 0. The fraction of sp³-hybridized carbons (Fsp3) is 0. The summed E-state index contributed by atoms with van der Waals surface area (Å²) in [5, 5.41) is 22.9. The number of furan rings is 2. The average Bonchev–Trinajstić information content (AvgIpc) is 3.09. The summed E-state index contributed by atoms with van der Waals surface area (Å²) in [5.74, 6) is 0. The highest BCUT2D eigenvalue weighted by Crippen LogP contribution is 2.35. The zero-order valence-electron chi connectivity index (χ0n) is 12.0. The normalized spacial score (nSPS) is 11.9. The first-order chi connectivity index (χ1) is 11.2. The topological polar surface area (TPSA) is 66.7 Å². The molecule has 0 bridgehead atoms. The summed E-state index contributed by atoms with van der Waals surface area (Å²) >= 11 is 0. The van der Waals surface area contributed by atoms with Gasteiger partial charge in [0.15, 0.2) is 0 Å². The molecule has 0 aliphatic heterocycles. The number of para-hydroxylation sites is 1. The van der Waals surface area contributed by atoms with Crippen LogP contribution in [0.15, 0.2) is 63.4 Å². The SMILES string of the molecule is OB(O)c1cccc2oc3cc4oc5ccccc5c4cc3c12. The molecule has 5 aromatic rings. The average molecular weight is 302 g/mol. The van der Waals surface area contributed by atoms with Crippen LogP contribution in [0, 0.1) is 0 Å². The molecule has 0 amide bonds. The molecule has 0 fully saturated rings. The summed E-state index contributed by atoms with van der Waals surface area (Å²) in [7, 11) is -1.55. The first-order valence-electron chi connectivity index (χ1n) is 7.35. The van der Waals surface area contributed by atoms with Crippen LogP contribution in [-0.2, 0) is 0 Å². The lowest BCUT2D eigenvalue weighted by Gasteiger charge is -2.00. The predicted molar refractivity (Wildman–Crippen MR) is 90.8 cm³/mol. The lowest BCUT2D eigenvalue weighted by molar-refractivity contribution is 0.426. The van der Waals surface area contributed by atoms with Crippen molar-refractivity contribution in [2.45, 2.75) is 0 Å². The predicted octanol–water partition coefficient (Wildman–Crippen LogP) is 3.17. The minimum absolute atomic E-state index is 0.438. The van der Waals surface area contributed by atoms with E-state index in [-0.39, 0.29) is 0 Å². The van der Waals surface area contributed by atoms with Crippen LogP contribution in [0.1, 0.15) is 0 Å². The molecular formula is C18H11BO4. The Morgan fingerprint density at radius 2 is 1.39 bits per heavy atom. The van der Waals surface area contributed by atoms with Crippen molar-refractivity contribution in [3.8, 4) is 0 Å². The van der Waals surface area contributed by atoms with Gasteiger partial charge in [0.1, 0.15) is 22.3 Å². The maximum absolute atomic E-state index is 9.64. The number of benzene rings is 3. The van der Waals surface area contributed by atoms with Crippen LogP contribution in [0.25, 0.3) is 43.9 Å². The smallest absolute Gasteiger partial charge is 0.456 e. The Kier molecular flexibility index (Phi) is 2.43. The fourth-order valence-electron chi connectivity index (χ4n) is 3.29. The van der Waals surface area contributed by atoms with Crippen molar-refractivity contribution in [2.75, 3.05) is 0 Å². The van der Waals surface area contributed by atoms with Crippen molar-refractivity contribution in [3.05, 3.63) is 54.6 Å². The third kappa shape index (κ3) is 1.69. The van der Waals surface area contributed by atoms with Crippen LogP contribution in [0.2, 0.25) is 0 Å². The second kappa shape index (κ2) is 4.38. The molecule has 0 unspecified atom stereocenters. The third-order valence-electron chi connectivity index (χ3n) is 4.30. The molecule has 0 radical (unpaired) electrons. The lowest BCUT2D eigenvalue weighted by atomic mass is 9.77. The molecule has 4 nitrogen and oxygen atoms in total. The van der Waals surface area contributed by atoms with Crippen LogP contribution in [0.5, 0.6) is 0 Å². The van der Waals surface area contributed by atoms with E-state index in [1.807, 2.05) is 42.5 Å². The molecule has 110 valence electrons. The molecule has 3 aromatic carbocycles. The van der Waals surface area contributed by atoms with Gasteiger partial charge in [0.25, 0.3) is 0 Å². The molecule has 0 saturated carbocycles. The van der Waals surface area contributed by atoms with E-state index in [0.717, 1.165) is 32.7 Å². The number of fused-ring (bicyclic) bond motifs is 6. The molecule has 2 heterocycles. The van der Waals surface area contributed by atoms with Crippen molar-refractivity contribution in [2.24, 2.45) is 0 Å². The van der Waals surface area contributed by atoms with E-state index in [0.29, 0.717) is 16.6 Å². The Labute approximate surface area is 130 Å². The van der Waals surface area contributed by atoms with Gasteiger partial charge in [-0.25, -0.2) is 0 Å². The Balaban J connectivity index is 2.00. The Morgan fingerprint density at radius 1 is 0.652 bits per heavy atom. The second-order valence-electron chi connectivity index (χ2n) is 5.64. The molecule has 2 aromatic heterocycles. The maximum atomic E-state index is 9.64. The van der Waals surface area contributed by atoms with Crippen LogP contribution in [-0.4, -0.2) is 17.2 Å². The summed E-state index contributed by atoms with van der Waals surface area (Å²) in [4.78, 5) is 0. The van der Waals surface area contributed by atoms with Gasteiger partial charge >= 0.3 is 7.12 Å². The first kappa shape index (κ1) is 12.8. The molecule has 2 N–H and O–H groups in total. The van der Waals surface area contributed by atoms with Crippen LogP contribution >= 0.6 is 0 Å². The first-order valence-corrected chi connectivity index (χ1v) is 7.35. The van der Waals surface area contributed by atoms with E-state index in [2.05, 4.69) is 0 Å². The standard InChI is InChI=1S/C18H11BO4/c20-19(21)13-5-3-7-15-18(13)12-8-11-10-4-1-2-6-14(10)22-16(11)9-17(12)23-15/h1-9,20-21H. The van der Waals surface area contributed by atoms with Gasteiger partial charge in [0, 0.05) is 27.6 Å². The zero-order chi connectivity index (χ0) is 15.6. The van der Waals surface area contributed by atoms with Crippen molar-refractivity contribution in [3.63, 3.8) is 0 Å². The summed E-state index contributed by atoms with van der Waals surface area (Å²) in [5.41, 5.74) is 3.31. The van der Waals surface area contributed by atoms with E-state index in [9.17, 15) is 10.0 Å². The third-order valence-corrected chi connectivity index (χ3v) is 4.30. The van der Waals surface area contributed by atoms with Gasteiger partial charge in [0.2, 0.25) is 0 Å². The lowest BCUT2D eigenvalue weighted by Crippen LogP contribution is -2.30. The van der Waals surface area contributed by atoms with E-state index >= 15 is 0 Å². The molecule has 0 aliphatic carbocycles. The minimum Gasteiger partial charge on any atom is -0.456 e. The fourth-order valence-corrected chi connectivity index (χ4v) is 3.29. The summed E-state index contributed by atoms with van der Waals surface area (Å²) < 4.78 is 11.7. The van der Waals surface area contributed by atoms with E-state index in [1.54, 1.807) is 12.1 Å². The number of hydrogen-bond donors (Lipinski definition) is 2.